The Bertz CT molecular complexity index is 444. The molecule has 2 rings (SSSR count). The first-order valence-corrected chi connectivity index (χ1v) is 7.84. The van der Waals surface area contributed by atoms with Crippen LogP contribution in [-0.4, -0.2) is 37.6 Å². The summed E-state index contributed by atoms with van der Waals surface area (Å²) in [5, 5.41) is 3.35. The van der Waals surface area contributed by atoms with Crippen molar-refractivity contribution in [2.24, 2.45) is 5.92 Å². The van der Waals surface area contributed by atoms with Gasteiger partial charge in [0.05, 0.1) is 7.11 Å². The molecule has 0 aliphatic carbocycles. The molecule has 1 fully saturated rings. The maximum atomic E-state index is 12.3. The van der Waals surface area contributed by atoms with Crippen LogP contribution >= 0.6 is 12.4 Å². The Balaban J connectivity index is 0.00000242. The number of nitrogens with zero attached hydrogens (tertiary/aromatic N) is 1. The van der Waals surface area contributed by atoms with Gasteiger partial charge < -0.3 is 15.0 Å². The molecule has 5 heteroatoms. The standard InChI is InChI=1S/C17H26N2O2.ClH/c1-3-19(13-15-4-7-16(21-2)8-5-15)17(20)9-6-14-10-11-18-12-14;/h4-5,7-8,14,18H,3,6,9-13H2,1-2H3;1H. The first kappa shape index (κ1) is 18.8. The lowest BCUT2D eigenvalue weighted by Crippen LogP contribution is -2.30. The van der Waals surface area contributed by atoms with E-state index in [1.54, 1.807) is 7.11 Å². The van der Waals surface area contributed by atoms with E-state index >= 15 is 0 Å². The molecule has 0 spiro atoms. The zero-order valence-corrected chi connectivity index (χ0v) is 14.3. The number of methoxy groups -OCH3 is 1. The van der Waals surface area contributed by atoms with Gasteiger partial charge in [-0.25, -0.2) is 0 Å². The minimum atomic E-state index is 0. The molecule has 1 aromatic rings. The van der Waals surface area contributed by atoms with Gasteiger partial charge in [-0.3, -0.25) is 4.79 Å². The third kappa shape index (κ3) is 5.50. The SMILES string of the molecule is CCN(Cc1ccc(OC)cc1)C(=O)CCC1CCNC1.Cl. The smallest absolute Gasteiger partial charge is 0.222 e. The summed E-state index contributed by atoms with van der Waals surface area (Å²) < 4.78 is 5.16. The van der Waals surface area contributed by atoms with E-state index in [9.17, 15) is 4.79 Å². The highest BCUT2D eigenvalue weighted by atomic mass is 35.5. The van der Waals surface area contributed by atoms with Gasteiger partial charge in [0.15, 0.2) is 0 Å². The molecule has 1 heterocycles. The maximum absolute atomic E-state index is 12.3. The van der Waals surface area contributed by atoms with Crippen LogP contribution in [0.15, 0.2) is 24.3 Å². The second-order valence-corrected chi connectivity index (χ2v) is 5.65. The molecule has 1 saturated heterocycles. The van der Waals surface area contributed by atoms with Crippen molar-refractivity contribution in [1.82, 2.24) is 10.2 Å². The first-order valence-electron chi connectivity index (χ1n) is 7.84. The van der Waals surface area contributed by atoms with Gasteiger partial charge in [0.2, 0.25) is 5.91 Å². The third-order valence-corrected chi connectivity index (χ3v) is 4.20. The number of ether oxygens (including phenoxy) is 1. The summed E-state index contributed by atoms with van der Waals surface area (Å²) in [5.74, 6) is 1.79. The van der Waals surface area contributed by atoms with E-state index in [-0.39, 0.29) is 18.3 Å². The van der Waals surface area contributed by atoms with Gasteiger partial charge in [-0.05, 0) is 56.5 Å². The highest BCUT2D eigenvalue weighted by molar-refractivity contribution is 5.85. The van der Waals surface area contributed by atoms with E-state index in [1.807, 2.05) is 36.1 Å². The van der Waals surface area contributed by atoms with Crippen LogP contribution in [-0.2, 0) is 11.3 Å². The second-order valence-electron chi connectivity index (χ2n) is 5.65. The summed E-state index contributed by atoms with van der Waals surface area (Å²) in [5.41, 5.74) is 1.15. The van der Waals surface area contributed by atoms with Crippen molar-refractivity contribution in [3.8, 4) is 5.75 Å². The van der Waals surface area contributed by atoms with Crippen LogP contribution in [0.1, 0.15) is 31.7 Å². The molecule has 1 aliphatic heterocycles. The summed E-state index contributed by atoms with van der Waals surface area (Å²) in [6.07, 6.45) is 2.87. The first-order chi connectivity index (χ1) is 10.2. The van der Waals surface area contributed by atoms with E-state index in [0.717, 1.165) is 37.4 Å². The van der Waals surface area contributed by atoms with Crippen LogP contribution in [0.5, 0.6) is 5.75 Å². The van der Waals surface area contributed by atoms with E-state index in [4.69, 9.17) is 4.74 Å². The van der Waals surface area contributed by atoms with Gasteiger partial charge in [-0.2, -0.15) is 0 Å². The fraction of sp³-hybridized carbons (Fsp3) is 0.588. The van der Waals surface area contributed by atoms with Gasteiger partial charge in [0, 0.05) is 19.5 Å². The Morgan fingerprint density at radius 3 is 2.64 bits per heavy atom. The molecule has 1 N–H and O–H groups in total. The number of carbonyl (C=O) groups is 1. The minimum absolute atomic E-state index is 0. The topological polar surface area (TPSA) is 41.6 Å². The van der Waals surface area contributed by atoms with Crippen LogP contribution in [0.3, 0.4) is 0 Å². The molecule has 4 nitrogen and oxygen atoms in total. The Kier molecular flexibility index (Phi) is 8.28. The van der Waals surface area contributed by atoms with Crippen molar-refractivity contribution >= 4 is 18.3 Å². The quantitative estimate of drug-likeness (QED) is 0.837. The number of rotatable bonds is 7. The van der Waals surface area contributed by atoms with Crippen molar-refractivity contribution in [1.29, 1.82) is 0 Å². The molecule has 1 atom stereocenters. The van der Waals surface area contributed by atoms with E-state index in [0.29, 0.717) is 18.9 Å². The van der Waals surface area contributed by atoms with Gasteiger partial charge in [0.1, 0.15) is 5.75 Å². The number of halogens is 1. The van der Waals surface area contributed by atoms with Crippen LogP contribution in [0.4, 0.5) is 0 Å². The molecule has 0 radical (unpaired) electrons. The minimum Gasteiger partial charge on any atom is -0.497 e. The number of amides is 1. The lowest BCUT2D eigenvalue weighted by atomic mass is 10.0. The summed E-state index contributed by atoms with van der Waals surface area (Å²) in [6.45, 7) is 5.65. The zero-order chi connectivity index (χ0) is 15.1. The Morgan fingerprint density at radius 2 is 2.09 bits per heavy atom. The van der Waals surface area contributed by atoms with Crippen LogP contribution in [0.25, 0.3) is 0 Å². The molecule has 1 unspecified atom stereocenters. The molecule has 124 valence electrons. The van der Waals surface area contributed by atoms with Crippen molar-refractivity contribution in [2.75, 3.05) is 26.7 Å². The Morgan fingerprint density at radius 1 is 1.36 bits per heavy atom. The van der Waals surface area contributed by atoms with Crippen molar-refractivity contribution in [3.05, 3.63) is 29.8 Å². The molecule has 0 bridgehead atoms. The summed E-state index contributed by atoms with van der Waals surface area (Å²) in [6, 6.07) is 7.93. The monoisotopic (exact) mass is 326 g/mol. The molecule has 0 saturated carbocycles. The van der Waals surface area contributed by atoms with E-state index in [1.165, 1.54) is 6.42 Å². The fourth-order valence-electron chi connectivity index (χ4n) is 2.77. The normalized spacial score (nSPS) is 16.9. The molecule has 1 aliphatic rings. The van der Waals surface area contributed by atoms with E-state index < -0.39 is 0 Å². The van der Waals surface area contributed by atoms with Crippen LogP contribution in [0, 0.1) is 5.92 Å². The van der Waals surface area contributed by atoms with Crippen molar-refractivity contribution < 1.29 is 9.53 Å². The summed E-state index contributed by atoms with van der Waals surface area (Å²) in [4.78, 5) is 14.3. The highest BCUT2D eigenvalue weighted by Crippen LogP contribution is 2.17. The second kappa shape index (κ2) is 9.70. The van der Waals surface area contributed by atoms with Crippen molar-refractivity contribution in [3.63, 3.8) is 0 Å². The Labute approximate surface area is 139 Å². The maximum Gasteiger partial charge on any atom is 0.222 e. The predicted molar refractivity (Wildman–Crippen MR) is 91.5 cm³/mol. The fourth-order valence-corrected chi connectivity index (χ4v) is 2.77. The number of hydrogen-bond acceptors (Lipinski definition) is 3. The number of benzene rings is 1. The molecule has 22 heavy (non-hydrogen) atoms. The van der Waals surface area contributed by atoms with Gasteiger partial charge in [-0.15, -0.1) is 12.4 Å². The average molecular weight is 327 g/mol. The number of carbonyl (C=O) groups excluding carboxylic acids is 1. The summed E-state index contributed by atoms with van der Waals surface area (Å²) in [7, 11) is 1.66. The molecular weight excluding hydrogens is 300 g/mol. The van der Waals surface area contributed by atoms with Crippen molar-refractivity contribution in [2.45, 2.75) is 32.7 Å². The van der Waals surface area contributed by atoms with Crippen LogP contribution in [0.2, 0.25) is 0 Å². The molecule has 0 aromatic heterocycles. The van der Waals surface area contributed by atoms with Gasteiger partial charge >= 0.3 is 0 Å². The van der Waals surface area contributed by atoms with Gasteiger partial charge in [0.25, 0.3) is 0 Å². The highest BCUT2D eigenvalue weighted by Gasteiger charge is 2.18. The third-order valence-electron chi connectivity index (χ3n) is 4.20. The largest absolute Gasteiger partial charge is 0.497 e. The lowest BCUT2D eigenvalue weighted by molar-refractivity contribution is -0.131. The molecule has 1 aromatic carbocycles. The molecule has 1 amide bonds. The molecular formula is C17H27ClN2O2. The average Bonchev–Trinajstić information content (AvgIpc) is 3.04. The predicted octanol–water partition coefficient (Wildman–Crippen LogP) is 2.86. The van der Waals surface area contributed by atoms with Gasteiger partial charge in [-0.1, -0.05) is 12.1 Å². The Hall–Kier alpha value is -1.26. The number of nitrogens with one attached hydrogen (secondary N) is 1. The number of hydrogen-bond donors (Lipinski definition) is 1. The van der Waals surface area contributed by atoms with E-state index in [2.05, 4.69) is 5.32 Å². The van der Waals surface area contributed by atoms with Crippen LogP contribution < -0.4 is 10.1 Å². The lowest BCUT2D eigenvalue weighted by Gasteiger charge is -2.22. The summed E-state index contributed by atoms with van der Waals surface area (Å²) >= 11 is 0. The zero-order valence-electron chi connectivity index (χ0n) is 13.5.